The van der Waals surface area contributed by atoms with Crippen molar-refractivity contribution < 1.29 is 13.9 Å². The SMILES string of the molecule is CC.COC(=O)c1ccc(CN(c2ccc(F)cn2)c2nc3ccccc3n2C)cc1. The van der Waals surface area contributed by atoms with Crippen LogP contribution in [0.4, 0.5) is 16.2 Å². The summed E-state index contributed by atoms with van der Waals surface area (Å²) in [5.41, 5.74) is 3.26. The number of ether oxygens (including phenoxy) is 1. The Bertz CT molecular complexity index is 1150. The van der Waals surface area contributed by atoms with Crippen LogP contribution in [0, 0.1) is 5.82 Å². The number of esters is 1. The van der Waals surface area contributed by atoms with Gasteiger partial charge in [-0.25, -0.2) is 19.2 Å². The highest BCUT2D eigenvalue weighted by Gasteiger charge is 2.19. The van der Waals surface area contributed by atoms with Crippen LogP contribution >= 0.6 is 0 Å². The highest BCUT2D eigenvalue weighted by Crippen LogP contribution is 2.28. The van der Waals surface area contributed by atoms with Crippen molar-refractivity contribution in [2.75, 3.05) is 12.0 Å². The number of hydrogen-bond donors (Lipinski definition) is 0. The summed E-state index contributed by atoms with van der Waals surface area (Å²) in [6.07, 6.45) is 1.19. The Morgan fingerprint density at radius 3 is 2.39 bits per heavy atom. The molecule has 2 heterocycles. The molecule has 0 saturated carbocycles. The maximum Gasteiger partial charge on any atom is 0.337 e. The van der Waals surface area contributed by atoms with Crippen molar-refractivity contribution in [2.24, 2.45) is 7.05 Å². The van der Waals surface area contributed by atoms with Gasteiger partial charge in [-0.05, 0) is 42.0 Å². The average molecular weight is 420 g/mol. The number of carbonyl (C=O) groups is 1. The molecule has 0 fully saturated rings. The zero-order chi connectivity index (χ0) is 22.4. The summed E-state index contributed by atoms with van der Waals surface area (Å²) in [7, 11) is 3.28. The molecule has 0 spiro atoms. The van der Waals surface area contributed by atoms with Gasteiger partial charge in [0, 0.05) is 7.05 Å². The predicted molar refractivity (Wildman–Crippen MR) is 120 cm³/mol. The van der Waals surface area contributed by atoms with Gasteiger partial charge in [-0.1, -0.05) is 38.1 Å². The minimum atomic E-state index is -0.402. The van der Waals surface area contributed by atoms with E-state index < -0.39 is 5.82 Å². The van der Waals surface area contributed by atoms with E-state index in [0.29, 0.717) is 23.9 Å². The minimum absolute atomic E-state index is 0.385. The van der Waals surface area contributed by atoms with Crippen molar-refractivity contribution in [2.45, 2.75) is 20.4 Å². The summed E-state index contributed by atoms with van der Waals surface area (Å²) in [6, 6.07) is 18.0. The number of para-hydroxylation sites is 2. The van der Waals surface area contributed by atoms with Crippen LogP contribution in [-0.2, 0) is 18.3 Å². The number of carbonyl (C=O) groups excluding carboxylic acids is 1. The number of benzene rings is 2. The van der Waals surface area contributed by atoms with Gasteiger partial charge in [0.25, 0.3) is 0 Å². The van der Waals surface area contributed by atoms with Crippen LogP contribution in [0.1, 0.15) is 29.8 Å². The molecule has 0 unspecified atom stereocenters. The maximum absolute atomic E-state index is 13.4. The second kappa shape index (κ2) is 9.84. The Balaban J connectivity index is 0.00000132. The van der Waals surface area contributed by atoms with Gasteiger partial charge in [0.2, 0.25) is 5.95 Å². The molecule has 0 atom stereocenters. The third-order valence-corrected chi connectivity index (χ3v) is 4.71. The lowest BCUT2D eigenvalue weighted by Gasteiger charge is -2.23. The van der Waals surface area contributed by atoms with Crippen LogP contribution in [0.2, 0.25) is 0 Å². The lowest BCUT2D eigenvalue weighted by atomic mass is 10.1. The van der Waals surface area contributed by atoms with Crippen molar-refractivity contribution >= 4 is 28.8 Å². The molecule has 6 nitrogen and oxygen atoms in total. The van der Waals surface area contributed by atoms with Gasteiger partial charge in [-0.15, -0.1) is 0 Å². The topological polar surface area (TPSA) is 60.2 Å². The van der Waals surface area contributed by atoms with Crippen LogP contribution in [0.3, 0.4) is 0 Å². The fourth-order valence-corrected chi connectivity index (χ4v) is 3.20. The lowest BCUT2D eigenvalue weighted by molar-refractivity contribution is 0.0600. The van der Waals surface area contributed by atoms with E-state index in [9.17, 15) is 9.18 Å². The molecular weight excluding hydrogens is 395 g/mol. The molecule has 31 heavy (non-hydrogen) atoms. The van der Waals surface area contributed by atoms with Crippen LogP contribution in [0.25, 0.3) is 11.0 Å². The van der Waals surface area contributed by atoms with E-state index in [1.165, 1.54) is 19.4 Å². The Labute approximate surface area is 180 Å². The number of pyridine rings is 1. The van der Waals surface area contributed by atoms with Gasteiger partial charge in [0.05, 0.1) is 36.4 Å². The average Bonchev–Trinajstić information content (AvgIpc) is 3.16. The zero-order valence-electron chi connectivity index (χ0n) is 18.0. The predicted octanol–water partition coefficient (Wildman–Crippen LogP) is 5.26. The Morgan fingerprint density at radius 1 is 1.06 bits per heavy atom. The first-order valence-corrected chi connectivity index (χ1v) is 10.0. The van der Waals surface area contributed by atoms with Gasteiger partial charge in [-0.2, -0.15) is 0 Å². The van der Waals surface area contributed by atoms with Gasteiger partial charge in [-0.3, -0.25) is 4.90 Å². The molecule has 7 heteroatoms. The summed E-state index contributed by atoms with van der Waals surface area (Å²) in [5.74, 6) is 0.467. The van der Waals surface area contributed by atoms with Crippen molar-refractivity contribution in [1.29, 1.82) is 0 Å². The zero-order valence-corrected chi connectivity index (χ0v) is 18.0. The molecule has 0 aliphatic heterocycles. The number of fused-ring (bicyclic) bond motifs is 1. The van der Waals surface area contributed by atoms with Crippen LogP contribution in [-0.4, -0.2) is 27.6 Å². The number of nitrogens with zero attached hydrogens (tertiary/aromatic N) is 4. The van der Waals surface area contributed by atoms with E-state index in [2.05, 4.69) is 4.98 Å². The van der Waals surface area contributed by atoms with E-state index in [1.807, 2.05) is 66.8 Å². The van der Waals surface area contributed by atoms with E-state index in [0.717, 1.165) is 16.6 Å². The van der Waals surface area contributed by atoms with Crippen molar-refractivity contribution in [3.05, 3.63) is 83.8 Å². The van der Waals surface area contributed by atoms with Gasteiger partial charge in [0.1, 0.15) is 11.6 Å². The molecule has 2 aromatic carbocycles. The number of imidazole rings is 1. The molecule has 0 N–H and O–H groups in total. The molecule has 160 valence electrons. The molecule has 0 aliphatic rings. The monoisotopic (exact) mass is 420 g/mol. The molecule has 0 amide bonds. The number of methoxy groups -OCH3 is 1. The number of aromatic nitrogens is 3. The molecular formula is C24H25FN4O2. The summed E-state index contributed by atoms with van der Waals surface area (Å²) in [5, 5.41) is 0. The first-order chi connectivity index (χ1) is 15.1. The first kappa shape index (κ1) is 22.0. The summed E-state index contributed by atoms with van der Waals surface area (Å²) >= 11 is 0. The Hall–Kier alpha value is -3.74. The summed E-state index contributed by atoms with van der Waals surface area (Å²) in [4.78, 5) is 22.6. The number of aryl methyl sites for hydroxylation is 1. The van der Waals surface area contributed by atoms with Gasteiger partial charge >= 0.3 is 5.97 Å². The molecule has 0 bridgehead atoms. The molecule has 4 rings (SSSR count). The third kappa shape index (κ3) is 4.71. The van der Waals surface area contributed by atoms with E-state index in [4.69, 9.17) is 9.72 Å². The molecule has 4 aromatic rings. The number of hydrogen-bond acceptors (Lipinski definition) is 5. The Kier molecular flexibility index (Phi) is 6.97. The van der Waals surface area contributed by atoms with Crippen molar-refractivity contribution in [1.82, 2.24) is 14.5 Å². The van der Waals surface area contributed by atoms with E-state index in [-0.39, 0.29) is 5.97 Å². The second-order valence-corrected chi connectivity index (χ2v) is 6.57. The molecule has 0 aliphatic carbocycles. The van der Waals surface area contributed by atoms with Gasteiger partial charge in [0.15, 0.2) is 0 Å². The van der Waals surface area contributed by atoms with Crippen molar-refractivity contribution in [3.63, 3.8) is 0 Å². The Morgan fingerprint density at radius 2 is 1.77 bits per heavy atom. The minimum Gasteiger partial charge on any atom is -0.465 e. The van der Waals surface area contributed by atoms with E-state index >= 15 is 0 Å². The highest BCUT2D eigenvalue weighted by atomic mass is 19.1. The van der Waals surface area contributed by atoms with E-state index in [1.54, 1.807) is 18.2 Å². The lowest BCUT2D eigenvalue weighted by Crippen LogP contribution is -2.21. The largest absolute Gasteiger partial charge is 0.465 e. The van der Waals surface area contributed by atoms with Crippen LogP contribution in [0.5, 0.6) is 0 Å². The second-order valence-electron chi connectivity index (χ2n) is 6.57. The molecule has 0 radical (unpaired) electrons. The number of anilines is 2. The van der Waals surface area contributed by atoms with Gasteiger partial charge < -0.3 is 9.30 Å². The normalized spacial score (nSPS) is 10.4. The smallest absolute Gasteiger partial charge is 0.337 e. The number of halogens is 1. The highest BCUT2D eigenvalue weighted by molar-refractivity contribution is 5.89. The molecule has 2 aromatic heterocycles. The van der Waals surface area contributed by atoms with Crippen molar-refractivity contribution in [3.8, 4) is 0 Å². The first-order valence-electron chi connectivity index (χ1n) is 10.0. The summed E-state index contributed by atoms with van der Waals surface area (Å²) in [6.45, 7) is 4.44. The maximum atomic E-state index is 13.4. The standard InChI is InChI=1S/C22H19FN4O2.C2H6/c1-26-19-6-4-3-5-18(19)25-22(26)27(20-12-11-17(23)13-24-20)14-15-7-9-16(10-8-15)21(28)29-2;1-2/h3-13H,14H2,1-2H3;1-2H3. The third-order valence-electron chi connectivity index (χ3n) is 4.71. The fraction of sp³-hybridized carbons (Fsp3) is 0.208. The molecule has 0 saturated heterocycles. The quantitative estimate of drug-likeness (QED) is 0.412. The van der Waals surface area contributed by atoms with Crippen LogP contribution in [0.15, 0.2) is 66.9 Å². The van der Waals surface area contributed by atoms with Crippen LogP contribution < -0.4 is 4.90 Å². The summed E-state index contributed by atoms with van der Waals surface area (Å²) < 4.78 is 20.2. The fourth-order valence-electron chi connectivity index (χ4n) is 3.20. The number of rotatable bonds is 5.